The number of ether oxygens (including phenoxy) is 2. The van der Waals surface area contributed by atoms with Crippen LogP contribution < -0.4 is 10.2 Å². The summed E-state index contributed by atoms with van der Waals surface area (Å²) in [6.07, 6.45) is 2.16. The molecule has 0 atom stereocenters. The lowest BCUT2D eigenvalue weighted by Gasteiger charge is -2.23. The molecule has 0 unspecified atom stereocenters. The fourth-order valence-corrected chi connectivity index (χ4v) is 3.47. The fraction of sp³-hybridized carbons (Fsp3) is 0.333. The summed E-state index contributed by atoms with van der Waals surface area (Å²) in [6.45, 7) is 9.23. The maximum atomic E-state index is 9.34. The Hall–Kier alpha value is -2.28. The minimum absolute atomic E-state index is 0.227. The molecular weight excluding hydrogens is 356 g/mol. The molecule has 2 N–H and O–H groups in total. The van der Waals surface area contributed by atoms with Gasteiger partial charge in [0.15, 0.2) is 0 Å². The van der Waals surface area contributed by atoms with Gasteiger partial charge in [-0.15, -0.1) is 0 Å². The summed E-state index contributed by atoms with van der Waals surface area (Å²) >= 11 is 0. The molecule has 6 heteroatoms. The molecule has 144 valence electrons. The van der Waals surface area contributed by atoms with Crippen LogP contribution in [0, 0.1) is 0 Å². The summed E-state index contributed by atoms with van der Waals surface area (Å²) < 4.78 is 11.7. The first-order valence-corrected chi connectivity index (χ1v) is 13.0. The highest BCUT2D eigenvalue weighted by molar-refractivity contribution is 6.76. The van der Waals surface area contributed by atoms with Crippen LogP contribution in [0.2, 0.25) is 25.7 Å². The number of benzene rings is 2. The summed E-state index contributed by atoms with van der Waals surface area (Å²) in [5, 5.41) is 11.4. The van der Waals surface area contributed by atoms with E-state index >= 15 is 0 Å². The SMILES string of the molecule is C[Si](C)(C)CCOCN1NCC=C1c1ccc(Oc2ccc(O)cc2)cc1. The van der Waals surface area contributed by atoms with Crippen molar-refractivity contribution in [3.63, 3.8) is 0 Å². The van der Waals surface area contributed by atoms with Crippen molar-refractivity contribution in [3.8, 4) is 17.2 Å². The van der Waals surface area contributed by atoms with E-state index in [0.717, 1.165) is 30.2 Å². The number of rotatable bonds is 8. The molecular formula is C21H28N2O3Si. The van der Waals surface area contributed by atoms with Crippen LogP contribution in [-0.4, -0.2) is 38.1 Å². The molecule has 0 saturated heterocycles. The lowest BCUT2D eigenvalue weighted by molar-refractivity contribution is 0.0498. The zero-order chi connectivity index (χ0) is 19.3. The maximum absolute atomic E-state index is 9.34. The number of phenolic OH excluding ortho intramolecular Hbond substituents is 1. The minimum Gasteiger partial charge on any atom is -0.508 e. The molecule has 27 heavy (non-hydrogen) atoms. The highest BCUT2D eigenvalue weighted by Crippen LogP contribution is 2.27. The quantitative estimate of drug-likeness (QED) is 0.512. The summed E-state index contributed by atoms with van der Waals surface area (Å²) in [7, 11) is -1.06. The topological polar surface area (TPSA) is 54.0 Å². The molecule has 2 aromatic rings. The highest BCUT2D eigenvalue weighted by Gasteiger charge is 2.17. The van der Waals surface area contributed by atoms with Crippen LogP contribution in [0.3, 0.4) is 0 Å². The van der Waals surface area contributed by atoms with Crippen LogP contribution in [0.1, 0.15) is 5.56 Å². The van der Waals surface area contributed by atoms with Crippen LogP contribution in [0.5, 0.6) is 17.2 Å². The predicted octanol–water partition coefficient (Wildman–Crippen LogP) is 4.66. The van der Waals surface area contributed by atoms with Gasteiger partial charge >= 0.3 is 0 Å². The minimum atomic E-state index is -1.06. The molecule has 5 nitrogen and oxygen atoms in total. The van der Waals surface area contributed by atoms with E-state index in [-0.39, 0.29) is 5.75 Å². The predicted molar refractivity (Wildman–Crippen MR) is 111 cm³/mol. The average molecular weight is 385 g/mol. The van der Waals surface area contributed by atoms with Gasteiger partial charge in [-0.05, 0) is 66.2 Å². The van der Waals surface area contributed by atoms with E-state index in [9.17, 15) is 5.11 Å². The molecule has 1 aliphatic rings. The van der Waals surface area contributed by atoms with E-state index in [1.165, 1.54) is 6.04 Å². The van der Waals surface area contributed by atoms with Gasteiger partial charge in [-0.1, -0.05) is 19.6 Å². The van der Waals surface area contributed by atoms with Gasteiger partial charge < -0.3 is 14.6 Å². The Kier molecular flexibility index (Phi) is 6.21. The molecule has 0 saturated carbocycles. The van der Waals surface area contributed by atoms with Gasteiger partial charge in [0.05, 0.1) is 5.70 Å². The van der Waals surface area contributed by atoms with Crippen molar-refractivity contribution in [1.29, 1.82) is 0 Å². The number of hydrogen-bond donors (Lipinski definition) is 2. The van der Waals surface area contributed by atoms with Crippen molar-refractivity contribution in [2.45, 2.75) is 25.7 Å². The Bertz CT molecular complexity index is 768. The van der Waals surface area contributed by atoms with Gasteiger partial charge in [-0.3, -0.25) is 5.01 Å². The Morgan fingerprint density at radius 2 is 1.63 bits per heavy atom. The fourth-order valence-electron chi connectivity index (χ4n) is 2.71. The molecule has 0 spiro atoms. The lowest BCUT2D eigenvalue weighted by atomic mass is 10.1. The van der Waals surface area contributed by atoms with Gasteiger partial charge in [0.25, 0.3) is 0 Å². The van der Waals surface area contributed by atoms with E-state index in [0.29, 0.717) is 12.5 Å². The Balaban J connectivity index is 1.56. The summed E-state index contributed by atoms with van der Waals surface area (Å²) in [5.74, 6) is 1.68. The first-order chi connectivity index (χ1) is 12.9. The third-order valence-electron chi connectivity index (χ3n) is 4.31. The van der Waals surface area contributed by atoms with Crippen molar-refractivity contribution < 1.29 is 14.6 Å². The van der Waals surface area contributed by atoms with Gasteiger partial charge in [0.2, 0.25) is 0 Å². The molecule has 0 fully saturated rings. The van der Waals surface area contributed by atoms with Gasteiger partial charge in [0.1, 0.15) is 24.0 Å². The van der Waals surface area contributed by atoms with Crippen LogP contribution >= 0.6 is 0 Å². The molecule has 0 radical (unpaired) electrons. The number of nitrogens with zero attached hydrogens (tertiary/aromatic N) is 1. The normalized spacial score (nSPS) is 14.3. The van der Waals surface area contributed by atoms with E-state index in [1.807, 2.05) is 24.3 Å². The van der Waals surface area contributed by atoms with Crippen LogP contribution in [-0.2, 0) is 4.74 Å². The first-order valence-electron chi connectivity index (χ1n) is 9.27. The smallest absolute Gasteiger partial charge is 0.133 e. The Morgan fingerprint density at radius 3 is 2.26 bits per heavy atom. The Labute approximate surface area is 162 Å². The third-order valence-corrected chi connectivity index (χ3v) is 6.01. The van der Waals surface area contributed by atoms with Crippen LogP contribution in [0.4, 0.5) is 0 Å². The van der Waals surface area contributed by atoms with Crippen LogP contribution in [0.15, 0.2) is 54.6 Å². The summed E-state index contributed by atoms with van der Waals surface area (Å²) in [5.41, 5.74) is 5.58. The standard InChI is InChI=1S/C21H28N2O3Si/c1-27(2,3)15-14-25-16-23-21(12-13-22-23)17-4-8-19(9-5-17)26-20-10-6-18(24)7-11-20/h4-12,22,24H,13-16H2,1-3H3. The van der Waals surface area contributed by atoms with Crippen molar-refractivity contribution in [3.05, 3.63) is 60.2 Å². The van der Waals surface area contributed by atoms with Gasteiger partial charge in [-0.2, -0.15) is 0 Å². The molecule has 2 aromatic carbocycles. The molecule has 3 rings (SSSR count). The molecule has 0 bridgehead atoms. The number of hydrogen-bond acceptors (Lipinski definition) is 5. The second-order valence-corrected chi connectivity index (χ2v) is 13.5. The van der Waals surface area contributed by atoms with Crippen molar-refractivity contribution in [2.24, 2.45) is 0 Å². The molecule has 1 heterocycles. The number of nitrogens with one attached hydrogen (secondary N) is 1. The van der Waals surface area contributed by atoms with Gasteiger partial charge in [-0.25, -0.2) is 5.43 Å². The zero-order valence-electron chi connectivity index (χ0n) is 16.2. The van der Waals surface area contributed by atoms with Crippen molar-refractivity contribution in [1.82, 2.24) is 10.4 Å². The monoisotopic (exact) mass is 384 g/mol. The third kappa shape index (κ3) is 5.85. The number of phenols is 1. The van der Waals surface area contributed by atoms with Gasteiger partial charge in [0, 0.05) is 21.2 Å². The molecule has 0 aliphatic carbocycles. The van der Waals surface area contributed by atoms with E-state index < -0.39 is 8.07 Å². The number of aromatic hydroxyl groups is 1. The van der Waals surface area contributed by atoms with Crippen molar-refractivity contribution in [2.75, 3.05) is 19.9 Å². The maximum Gasteiger partial charge on any atom is 0.133 e. The molecule has 0 amide bonds. The average Bonchev–Trinajstić information content (AvgIpc) is 3.09. The second kappa shape index (κ2) is 8.60. The molecule has 0 aromatic heterocycles. The molecule has 1 aliphatic heterocycles. The second-order valence-electron chi connectivity index (χ2n) is 7.85. The largest absolute Gasteiger partial charge is 0.508 e. The van der Waals surface area contributed by atoms with E-state index in [1.54, 1.807) is 24.3 Å². The van der Waals surface area contributed by atoms with Crippen molar-refractivity contribution >= 4 is 13.8 Å². The lowest BCUT2D eigenvalue weighted by Crippen LogP contribution is -2.34. The van der Waals surface area contributed by atoms with E-state index in [2.05, 4.69) is 36.2 Å². The summed E-state index contributed by atoms with van der Waals surface area (Å²) in [6, 6.07) is 15.9. The Morgan fingerprint density at radius 1 is 1.00 bits per heavy atom. The first kappa shape index (κ1) is 19.5. The highest BCUT2D eigenvalue weighted by atomic mass is 28.3. The zero-order valence-corrected chi connectivity index (χ0v) is 17.2. The van der Waals surface area contributed by atoms with E-state index in [4.69, 9.17) is 9.47 Å². The number of hydrazine groups is 1. The van der Waals surface area contributed by atoms with Crippen LogP contribution in [0.25, 0.3) is 5.70 Å². The summed E-state index contributed by atoms with van der Waals surface area (Å²) in [4.78, 5) is 0.